The van der Waals surface area contributed by atoms with Crippen molar-refractivity contribution in [1.82, 2.24) is 0 Å². The van der Waals surface area contributed by atoms with Crippen LogP contribution in [0.1, 0.15) is 10.4 Å². The molecule has 0 fully saturated rings. The molecule has 0 aliphatic carbocycles. The number of carboxylic acids is 1. The average Bonchev–Trinajstić information content (AvgIpc) is 2.26. The first kappa shape index (κ1) is 13.8. The summed E-state index contributed by atoms with van der Waals surface area (Å²) in [4.78, 5) is 11.0. The molecule has 0 spiro atoms. The monoisotopic (exact) mass is 260 g/mol. The number of ether oxygens (including phenoxy) is 2. The van der Waals surface area contributed by atoms with Crippen molar-refractivity contribution in [3.63, 3.8) is 0 Å². The van der Waals surface area contributed by atoms with Gasteiger partial charge >= 0.3 is 5.97 Å². The highest BCUT2D eigenvalue weighted by molar-refractivity contribution is 6.33. The number of halogens is 1. The zero-order chi connectivity index (χ0) is 12.8. The van der Waals surface area contributed by atoms with Gasteiger partial charge in [0.2, 0.25) is 0 Å². The second-order valence-electron chi connectivity index (χ2n) is 3.34. The van der Waals surface area contributed by atoms with Crippen LogP contribution in [-0.2, 0) is 4.74 Å². The van der Waals surface area contributed by atoms with Gasteiger partial charge in [-0.2, -0.15) is 0 Å². The van der Waals surface area contributed by atoms with Crippen molar-refractivity contribution < 1.29 is 24.5 Å². The lowest BCUT2D eigenvalue weighted by molar-refractivity contribution is 0.0319. The van der Waals surface area contributed by atoms with Gasteiger partial charge in [0.1, 0.15) is 24.0 Å². The maximum absolute atomic E-state index is 11.0. The van der Waals surface area contributed by atoms with Gasteiger partial charge in [-0.3, -0.25) is 0 Å². The highest BCUT2D eigenvalue weighted by atomic mass is 35.5. The van der Waals surface area contributed by atoms with Crippen molar-refractivity contribution in [3.8, 4) is 5.75 Å². The van der Waals surface area contributed by atoms with Crippen LogP contribution in [0, 0.1) is 0 Å². The smallest absolute Gasteiger partial charge is 0.341 e. The first-order chi connectivity index (χ1) is 8.06. The Hall–Kier alpha value is -1.30. The quantitative estimate of drug-likeness (QED) is 0.809. The molecule has 0 bridgehead atoms. The molecule has 1 unspecified atom stereocenters. The van der Waals surface area contributed by atoms with Crippen LogP contribution in [0.3, 0.4) is 0 Å². The Labute approximate surface area is 104 Å². The molecule has 17 heavy (non-hydrogen) atoms. The summed E-state index contributed by atoms with van der Waals surface area (Å²) in [5.74, 6) is -1.05. The summed E-state index contributed by atoms with van der Waals surface area (Å²) in [5.41, 5.74) is -0.112. The van der Waals surface area contributed by atoms with E-state index in [4.69, 9.17) is 26.2 Å². The first-order valence-electron chi connectivity index (χ1n) is 4.88. The topological polar surface area (TPSA) is 76.0 Å². The summed E-state index contributed by atoms with van der Waals surface area (Å²) in [6.45, 7) is 0.0530. The van der Waals surface area contributed by atoms with Crippen LogP contribution in [0.5, 0.6) is 5.75 Å². The lowest BCUT2D eigenvalue weighted by Crippen LogP contribution is -2.23. The number of rotatable bonds is 6. The minimum Gasteiger partial charge on any atom is -0.490 e. The van der Waals surface area contributed by atoms with Crippen molar-refractivity contribution in [2.45, 2.75) is 6.10 Å². The van der Waals surface area contributed by atoms with E-state index in [9.17, 15) is 9.90 Å². The Kier molecular flexibility index (Phi) is 5.21. The van der Waals surface area contributed by atoms with E-state index in [-0.39, 0.29) is 29.5 Å². The molecule has 0 heterocycles. The molecule has 6 heteroatoms. The fourth-order valence-corrected chi connectivity index (χ4v) is 1.51. The van der Waals surface area contributed by atoms with Crippen molar-refractivity contribution in [1.29, 1.82) is 0 Å². The standard InChI is InChI=1S/C11H13ClO5/c1-16-5-7(13)6-17-9-4-2-3-8(12)10(9)11(14)15/h2-4,7,13H,5-6H2,1H3,(H,14,15). The van der Waals surface area contributed by atoms with E-state index in [1.54, 1.807) is 6.07 Å². The molecule has 5 nitrogen and oxygen atoms in total. The van der Waals surface area contributed by atoms with E-state index in [1.165, 1.54) is 19.2 Å². The van der Waals surface area contributed by atoms with E-state index < -0.39 is 12.1 Å². The molecule has 0 aliphatic rings. The van der Waals surface area contributed by atoms with Gasteiger partial charge < -0.3 is 19.7 Å². The second-order valence-corrected chi connectivity index (χ2v) is 3.75. The van der Waals surface area contributed by atoms with Gasteiger partial charge in [-0.1, -0.05) is 17.7 Å². The summed E-state index contributed by atoms with van der Waals surface area (Å²) in [7, 11) is 1.45. The molecule has 0 aliphatic heterocycles. The van der Waals surface area contributed by atoms with Crippen LogP contribution in [0.4, 0.5) is 0 Å². The maximum atomic E-state index is 11.0. The molecule has 0 amide bonds. The molecule has 94 valence electrons. The molecule has 0 radical (unpaired) electrons. The Bertz CT molecular complexity index is 393. The van der Waals surface area contributed by atoms with Gasteiger partial charge in [0, 0.05) is 7.11 Å². The number of aliphatic hydroxyl groups excluding tert-OH is 1. The lowest BCUT2D eigenvalue weighted by atomic mass is 10.2. The normalized spacial score (nSPS) is 12.2. The van der Waals surface area contributed by atoms with Gasteiger partial charge in [0.05, 0.1) is 11.6 Å². The molecule has 1 aromatic rings. The number of benzene rings is 1. The molecule has 2 N–H and O–H groups in total. The zero-order valence-corrected chi connectivity index (χ0v) is 9.98. The minimum atomic E-state index is -1.17. The van der Waals surface area contributed by atoms with Crippen molar-refractivity contribution in [3.05, 3.63) is 28.8 Å². The van der Waals surface area contributed by atoms with Gasteiger partial charge in [-0.05, 0) is 12.1 Å². The summed E-state index contributed by atoms with van der Waals surface area (Å²) in [5, 5.41) is 18.4. The minimum absolute atomic E-state index is 0.0610. The van der Waals surface area contributed by atoms with Crippen LogP contribution < -0.4 is 4.74 Å². The Balaban J connectivity index is 2.77. The molecule has 1 atom stereocenters. The molecule has 1 aromatic carbocycles. The molecule has 0 saturated heterocycles. The number of aliphatic hydroxyl groups is 1. The highest BCUT2D eigenvalue weighted by Gasteiger charge is 2.16. The Morgan fingerprint density at radius 3 is 2.76 bits per heavy atom. The third-order valence-corrected chi connectivity index (χ3v) is 2.29. The highest BCUT2D eigenvalue weighted by Crippen LogP contribution is 2.26. The number of hydrogen-bond donors (Lipinski definition) is 2. The van der Waals surface area contributed by atoms with E-state index >= 15 is 0 Å². The fraction of sp³-hybridized carbons (Fsp3) is 0.364. The SMILES string of the molecule is COCC(O)COc1cccc(Cl)c1C(=O)O. The predicted molar refractivity (Wildman–Crippen MR) is 61.8 cm³/mol. The summed E-state index contributed by atoms with van der Waals surface area (Å²) < 4.78 is 9.92. The first-order valence-corrected chi connectivity index (χ1v) is 5.25. The molecule has 1 rings (SSSR count). The molecular formula is C11H13ClO5. The average molecular weight is 261 g/mol. The van der Waals surface area contributed by atoms with Crippen LogP contribution in [0.2, 0.25) is 5.02 Å². The van der Waals surface area contributed by atoms with Crippen molar-refractivity contribution in [2.75, 3.05) is 20.3 Å². The number of methoxy groups -OCH3 is 1. The van der Waals surface area contributed by atoms with E-state index in [0.29, 0.717) is 0 Å². The second kappa shape index (κ2) is 6.44. The zero-order valence-electron chi connectivity index (χ0n) is 9.22. The summed E-state index contributed by atoms with van der Waals surface area (Å²) in [6, 6.07) is 4.52. The van der Waals surface area contributed by atoms with Gasteiger partial charge in [0.15, 0.2) is 0 Å². The van der Waals surface area contributed by atoms with Crippen LogP contribution in [0.25, 0.3) is 0 Å². The number of carbonyl (C=O) groups is 1. The van der Waals surface area contributed by atoms with E-state index in [0.717, 1.165) is 0 Å². The molecular weight excluding hydrogens is 248 g/mol. The fourth-order valence-electron chi connectivity index (χ4n) is 1.26. The lowest BCUT2D eigenvalue weighted by Gasteiger charge is -2.13. The van der Waals surface area contributed by atoms with Crippen LogP contribution in [-0.4, -0.2) is 42.6 Å². The number of hydrogen-bond acceptors (Lipinski definition) is 4. The summed E-state index contributed by atoms with van der Waals surface area (Å²) >= 11 is 5.75. The number of aromatic carboxylic acids is 1. The third-order valence-electron chi connectivity index (χ3n) is 1.98. The maximum Gasteiger partial charge on any atom is 0.341 e. The summed E-state index contributed by atoms with van der Waals surface area (Å²) in [6.07, 6.45) is -0.819. The van der Waals surface area contributed by atoms with Crippen LogP contribution >= 0.6 is 11.6 Å². The molecule has 0 saturated carbocycles. The Morgan fingerprint density at radius 2 is 2.18 bits per heavy atom. The predicted octanol–water partition coefficient (Wildman–Crippen LogP) is 1.42. The third kappa shape index (κ3) is 3.89. The Morgan fingerprint density at radius 1 is 1.47 bits per heavy atom. The van der Waals surface area contributed by atoms with Crippen molar-refractivity contribution in [2.24, 2.45) is 0 Å². The molecule has 0 aromatic heterocycles. The van der Waals surface area contributed by atoms with E-state index in [1.807, 2.05) is 0 Å². The van der Waals surface area contributed by atoms with E-state index in [2.05, 4.69) is 0 Å². The van der Waals surface area contributed by atoms with Gasteiger partial charge in [-0.25, -0.2) is 4.79 Å². The van der Waals surface area contributed by atoms with Gasteiger partial charge in [-0.15, -0.1) is 0 Å². The van der Waals surface area contributed by atoms with Gasteiger partial charge in [0.25, 0.3) is 0 Å². The number of carboxylic acid groups (broad SMARTS) is 1. The van der Waals surface area contributed by atoms with Crippen LogP contribution in [0.15, 0.2) is 18.2 Å². The largest absolute Gasteiger partial charge is 0.490 e. The van der Waals surface area contributed by atoms with Crippen molar-refractivity contribution >= 4 is 17.6 Å².